The number of rotatable bonds is 5. The van der Waals surface area contributed by atoms with E-state index in [2.05, 4.69) is 25.2 Å². The summed E-state index contributed by atoms with van der Waals surface area (Å²) in [5.74, 6) is 0.321. The molecule has 0 aromatic rings. The largest absolute Gasteiger partial charge is 0.389 e. The predicted octanol–water partition coefficient (Wildman–Crippen LogP) is 5.42. The number of nitrogens with two attached hydrogens (primary N) is 1. The second-order valence-electron chi connectivity index (χ2n) is 12.7. The minimum absolute atomic E-state index is 0.0132. The molecule has 2 aliphatic heterocycles. The summed E-state index contributed by atoms with van der Waals surface area (Å²) in [6.07, 6.45) is 24.3. The molecule has 1 fully saturated rings. The number of allylic oxidation sites excluding steroid dienone is 14. The van der Waals surface area contributed by atoms with Gasteiger partial charge in [-0.25, -0.2) is 0 Å². The van der Waals surface area contributed by atoms with Gasteiger partial charge in [0.2, 0.25) is 5.91 Å². The molecule has 0 saturated carbocycles. The van der Waals surface area contributed by atoms with E-state index in [1.54, 1.807) is 37.3 Å². The van der Waals surface area contributed by atoms with E-state index in [0.29, 0.717) is 12.3 Å². The fourth-order valence-corrected chi connectivity index (χ4v) is 4.74. The minimum atomic E-state index is -1.49. The molecule has 0 aliphatic carbocycles. The molecule has 2 rings (SSSR count). The Kier molecular flexibility index (Phi) is 16.6. The first-order chi connectivity index (χ1) is 21.7. The number of amides is 1. The van der Waals surface area contributed by atoms with E-state index in [1.807, 2.05) is 76.3 Å². The van der Waals surface area contributed by atoms with E-state index in [-0.39, 0.29) is 18.6 Å². The molecule has 2 heterocycles. The topological polar surface area (TPSA) is 134 Å². The van der Waals surface area contributed by atoms with Gasteiger partial charge in [-0.05, 0) is 53.4 Å². The van der Waals surface area contributed by atoms with Crippen molar-refractivity contribution in [2.24, 2.45) is 11.7 Å². The molecule has 2 aliphatic rings. The standard InChI is InChI=1S/C38H56N2O6/c1-8-26(2)23-31-24-29(5)16-10-9-13-22-38(7,44)33(46-37-34(39)35(42)32(41)25-45-37)19-12-11-15-27(3)17-14-18-28(4)20-21-30(6)40-36(31)43/h9-20,22,24,26,30,32-35,37,41-42,44H,8,21,23,25,39H2,1-7H3,(H,40,43). The lowest BCUT2D eigenvalue weighted by Crippen LogP contribution is -2.59. The number of aliphatic hydroxyl groups excluding tert-OH is 2. The van der Waals surface area contributed by atoms with Crippen LogP contribution in [-0.2, 0) is 14.3 Å². The maximum atomic E-state index is 13.3. The van der Waals surface area contributed by atoms with Crippen LogP contribution in [0.2, 0.25) is 0 Å². The van der Waals surface area contributed by atoms with Crippen molar-refractivity contribution < 1.29 is 29.6 Å². The van der Waals surface area contributed by atoms with Crippen molar-refractivity contribution >= 4 is 5.91 Å². The van der Waals surface area contributed by atoms with Crippen LogP contribution in [0.3, 0.4) is 0 Å². The lowest BCUT2D eigenvalue weighted by molar-refractivity contribution is -0.251. The van der Waals surface area contributed by atoms with Gasteiger partial charge >= 0.3 is 0 Å². The third-order valence-electron chi connectivity index (χ3n) is 8.01. The van der Waals surface area contributed by atoms with E-state index in [4.69, 9.17) is 15.2 Å². The highest BCUT2D eigenvalue weighted by molar-refractivity contribution is 5.94. The second-order valence-corrected chi connectivity index (χ2v) is 12.7. The third-order valence-corrected chi connectivity index (χ3v) is 8.01. The highest BCUT2D eigenvalue weighted by Crippen LogP contribution is 2.24. The quantitative estimate of drug-likeness (QED) is 0.272. The average Bonchev–Trinajstić information content (AvgIpc) is 3.00. The first-order valence-corrected chi connectivity index (χ1v) is 16.2. The van der Waals surface area contributed by atoms with Crippen LogP contribution in [0.25, 0.3) is 0 Å². The molecule has 1 saturated heterocycles. The number of ether oxygens (including phenoxy) is 2. The fraction of sp³-hybridized carbons (Fsp3) is 0.500. The van der Waals surface area contributed by atoms with Crippen LogP contribution in [0.4, 0.5) is 0 Å². The molecule has 8 atom stereocenters. The fourth-order valence-electron chi connectivity index (χ4n) is 4.74. The Morgan fingerprint density at radius 3 is 2.46 bits per heavy atom. The molecule has 254 valence electrons. The van der Waals surface area contributed by atoms with Gasteiger partial charge in [-0.2, -0.15) is 0 Å². The lowest BCUT2D eigenvalue weighted by atomic mass is 9.96. The van der Waals surface area contributed by atoms with Crippen molar-refractivity contribution in [1.29, 1.82) is 0 Å². The van der Waals surface area contributed by atoms with Gasteiger partial charge in [0.25, 0.3) is 0 Å². The average molecular weight is 637 g/mol. The van der Waals surface area contributed by atoms with Crippen LogP contribution in [0.15, 0.2) is 107 Å². The maximum absolute atomic E-state index is 13.3. The highest BCUT2D eigenvalue weighted by Gasteiger charge is 2.40. The Labute approximate surface area is 276 Å². The van der Waals surface area contributed by atoms with Crippen LogP contribution >= 0.6 is 0 Å². The lowest BCUT2D eigenvalue weighted by Gasteiger charge is -2.39. The molecule has 6 N–H and O–H groups in total. The van der Waals surface area contributed by atoms with Gasteiger partial charge in [0, 0.05) is 11.6 Å². The number of aliphatic hydroxyl groups is 3. The van der Waals surface area contributed by atoms with Crippen LogP contribution in [0.1, 0.15) is 67.7 Å². The maximum Gasteiger partial charge on any atom is 0.247 e. The van der Waals surface area contributed by atoms with Gasteiger partial charge in [-0.15, -0.1) is 0 Å². The summed E-state index contributed by atoms with van der Waals surface area (Å²) in [6.45, 7) is 13.7. The number of nitrogens with one attached hydrogen (secondary N) is 1. The summed E-state index contributed by atoms with van der Waals surface area (Å²) in [5, 5.41) is 34.8. The molecule has 8 heteroatoms. The van der Waals surface area contributed by atoms with Crippen LogP contribution < -0.4 is 11.1 Å². The van der Waals surface area contributed by atoms with Gasteiger partial charge in [0.15, 0.2) is 6.29 Å². The summed E-state index contributed by atoms with van der Waals surface area (Å²) in [6, 6.07) is -1.01. The molecule has 0 aromatic carbocycles. The summed E-state index contributed by atoms with van der Waals surface area (Å²) in [7, 11) is 0. The smallest absolute Gasteiger partial charge is 0.247 e. The van der Waals surface area contributed by atoms with Crippen molar-refractivity contribution in [2.75, 3.05) is 6.61 Å². The van der Waals surface area contributed by atoms with Crippen LogP contribution in [-0.4, -0.2) is 70.1 Å². The Balaban J connectivity index is 2.45. The Hall–Kier alpha value is -3.11. The summed E-state index contributed by atoms with van der Waals surface area (Å²) in [4.78, 5) is 13.3. The molecule has 0 radical (unpaired) electrons. The SMILES string of the molecule is CCC(C)CC1=CC(C)=CC=CC=CC(C)(O)C(OC2OCC(O)C(O)C2N)C=CC=CC(C)=CC=CC(C)=CCC(C)NC1=O. The zero-order valence-electron chi connectivity index (χ0n) is 28.6. The van der Waals surface area contributed by atoms with Crippen molar-refractivity contribution in [3.63, 3.8) is 0 Å². The third kappa shape index (κ3) is 13.7. The molecule has 8 unspecified atom stereocenters. The number of hydrogen-bond acceptors (Lipinski definition) is 7. The Morgan fingerprint density at radius 1 is 1.04 bits per heavy atom. The first kappa shape index (κ1) is 39.1. The molecule has 8 nitrogen and oxygen atoms in total. The molecule has 0 aromatic heterocycles. The zero-order valence-corrected chi connectivity index (χ0v) is 28.6. The summed E-state index contributed by atoms with van der Waals surface area (Å²) >= 11 is 0. The molecule has 0 spiro atoms. The first-order valence-electron chi connectivity index (χ1n) is 16.2. The second kappa shape index (κ2) is 19.5. The normalized spacial score (nSPS) is 31.7. The number of carbonyl (C=O) groups is 1. The molecule has 1 amide bonds. The molecule has 46 heavy (non-hydrogen) atoms. The van der Waals surface area contributed by atoms with Gasteiger partial charge in [0.05, 0.1) is 12.6 Å². The van der Waals surface area contributed by atoms with E-state index in [9.17, 15) is 20.1 Å². The van der Waals surface area contributed by atoms with E-state index in [1.165, 1.54) is 0 Å². The Morgan fingerprint density at radius 2 is 1.74 bits per heavy atom. The highest BCUT2D eigenvalue weighted by atomic mass is 16.7. The van der Waals surface area contributed by atoms with Gasteiger partial charge < -0.3 is 35.8 Å². The predicted molar refractivity (Wildman–Crippen MR) is 187 cm³/mol. The van der Waals surface area contributed by atoms with E-state index >= 15 is 0 Å². The minimum Gasteiger partial charge on any atom is -0.389 e. The van der Waals surface area contributed by atoms with Crippen molar-refractivity contribution in [3.8, 4) is 0 Å². The van der Waals surface area contributed by atoms with E-state index < -0.39 is 36.2 Å². The molecular formula is C38H56N2O6. The molecule has 0 bridgehead atoms. The molecular weight excluding hydrogens is 580 g/mol. The summed E-state index contributed by atoms with van der Waals surface area (Å²) in [5.41, 5.74) is 8.39. The van der Waals surface area contributed by atoms with Gasteiger partial charge in [-0.3, -0.25) is 4.79 Å². The van der Waals surface area contributed by atoms with Crippen molar-refractivity contribution in [1.82, 2.24) is 5.32 Å². The number of carbonyl (C=O) groups excluding carboxylic acids is 1. The van der Waals surface area contributed by atoms with Crippen molar-refractivity contribution in [3.05, 3.63) is 107 Å². The number of hydrogen-bond donors (Lipinski definition) is 5. The Bertz CT molecular complexity index is 1270. The van der Waals surface area contributed by atoms with Crippen LogP contribution in [0.5, 0.6) is 0 Å². The summed E-state index contributed by atoms with van der Waals surface area (Å²) < 4.78 is 11.6. The van der Waals surface area contributed by atoms with Gasteiger partial charge in [-0.1, -0.05) is 122 Å². The van der Waals surface area contributed by atoms with Crippen LogP contribution in [0, 0.1) is 5.92 Å². The zero-order chi connectivity index (χ0) is 34.3. The van der Waals surface area contributed by atoms with Crippen molar-refractivity contribution in [2.45, 2.75) is 110 Å². The monoisotopic (exact) mass is 636 g/mol. The van der Waals surface area contributed by atoms with Gasteiger partial charge in [0.1, 0.15) is 23.9 Å². The van der Waals surface area contributed by atoms with E-state index in [0.717, 1.165) is 35.1 Å².